The fourth-order valence-corrected chi connectivity index (χ4v) is 11.3. The number of carbonyl (C=O) groups is 6. The Kier molecular flexibility index (Phi) is 11.9. The average molecular weight is 753 g/mol. The first-order valence-electron chi connectivity index (χ1n) is 20.7. The summed E-state index contributed by atoms with van der Waals surface area (Å²) in [6.45, 7) is 14.3. The van der Waals surface area contributed by atoms with E-state index in [0.29, 0.717) is 19.4 Å². The second-order valence-electron chi connectivity index (χ2n) is 20.0. The van der Waals surface area contributed by atoms with Crippen molar-refractivity contribution in [3.05, 3.63) is 0 Å². The maximum Gasteiger partial charge on any atom is 0.285 e. The van der Waals surface area contributed by atoms with E-state index in [-0.39, 0.29) is 76.7 Å². The number of ketones is 3. The third kappa shape index (κ3) is 7.99. The van der Waals surface area contributed by atoms with Gasteiger partial charge in [-0.2, -0.15) is 0 Å². The predicted octanol–water partition coefficient (Wildman–Crippen LogP) is 4.73. The smallest absolute Gasteiger partial charge is 0.285 e. The normalized spacial score (nSPS) is 26.6. The van der Waals surface area contributed by atoms with Crippen LogP contribution in [-0.2, 0) is 28.8 Å². The number of hydrogen-bond acceptors (Lipinski definition) is 7. The first-order chi connectivity index (χ1) is 25.1. The third-order valence-electron chi connectivity index (χ3n) is 14.9. The van der Waals surface area contributed by atoms with Gasteiger partial charge in [0.15, 0.2) is 17.5 Å². The largest absolute Gasteiger partial charge is 0.370 e. The molecule has 1 heterocycles. The molecule has 1 unspecified atom stereocenters. The van der Waals surface area contributed by atoms with Crippen LogP contribution in [0.25, 0.3) is 0 Å². The fourth-order valence-electron chi connectivity index (χ4n) is 11.3. The van der Waals surface area contributed by atoms with Crippen LogP contribution in [0.1, 0.15) is 151 Å². The maximum absolute atomic E-state index is 15.1. The molecule has 3 amide bonds. The van der Waals surface area contributed by atoms with Crippen LogP contribution in [0.15, 0.2) is 4.99 Å². The molecule has 5 rings (SSSR count). The monoisotopic (exact) mass is 753 g/mol. The van der Waals surface area contributed by atoms with E-state index < -0.39 is 46.6 Å². The number of aliphatic imine (C=N–C) groups is 1. The zero-order chi connectivity index (χ0) is 40.0. The highest BCUT2D eigenvalue weighted by atomic mass is 16.2. The average Bonchev–Trinajstić information content (AvgIpc) is 3.24. The van der Waals surface area contributed by atoms with Crippen LogP contribution in [0, 0.1) is 45.3 Å². The number of rotatable bonds is 16. The number of fused-ring (bicyclic) bond motifs is 1. The van der Waals surface area contributed by atoms with Crippen molar-refractivity contribution in [2.45, 2.75) is 169 Å². The molecule has 5 atom stereocenters. The Morgan fingerprint density at radius 1 is 0.833 bits per heavy atom. The molecule has 5 fully saturated rings. The number of primary amides is 1. The van der Waals surface area contributed by atoms with E-state index in [1.165, 1.54) is 0 Å². The van der Waals surface area contributed by atoms with Gasteiger partial charge in [0.2, 0.25) is 17.6 Å². The van der Waals surface area contributed by atoms with Gasteiger partial charge in [0.1, 0.15) is 0 Å². The minimum atomic E-state index is -1.02. The van der Waals surface area contributed by atoms with E-state index in [0.717, 1.165) is 70.6 Å². The lowest BCUT2D eigenvalue weighted by atomic mass is 9.73. The number of nitrogens with one attached hydrogen (secondary N) is 1. The van der Waals surface area contributed by atoms with Crippen LogP contribution in [0.4, 0.5) is 0 Å². The summed E-state index contributed by atoms with van der Waals surface area (Å²) in [6.07, 6.45) is 11.6. The van der Waals surface area contributed by atoms with Crippen molar-refractivity contribution in [2.75, 3.05) is 6.54 Å². The summed E-state index contributed by atoms with van der Waals surface area (Å²) in [5.41, 5.74) is 14.9. The lowest BCUT2D eigenvalue weighted by molar-refractivity contribution is -0.147. The molecule has 2 spiro atoms. The number of guanidine groups is 1. The number of hydrogen-bond donors (Lipinski definition) is 4. The van der Waals surface area contributed by atoms with Gasteiger partial charge >= 0.3 is 0 Å². The zero-order valence-electron chi connectivity index (χ0n) is 34.1. The topological polar surface area (TPSA) is 208 Å². The van der Waals surface area contributed by atoms with Crippen LogP contribution in [0.3, 0.4) is 0 Å². The van der Waals surface area contributed by atoms with Gasteiger partial charge in [0.05, 0.1) is 24.0 Å². The summed E-state index contributed by atoms with van der Waals surface area (Å²) >= 11 is 0. The summed E-state index contributed by atoms with van der Waals surface area (Å²) in [5, 5.41) is 3.05. The molecule has 0 aromatic heterocycles. The standard InChI is InChI=1S/C42H68N6O6/c1-38(2,3)28(21-31(50)33(26-15-9-8-10-16-26)46-32(51)23-39(4,5)47-37(44)45)36(54)48-24-42(40(6,7)41(42)17-12-18-41)22-29(48)30(49)20-27(34(52)35(43)53)19-25-13-11-14-25/h25-29,33H,8-24H2,1-7H3,(H2,43,53)(H,46,51)(H4,44,45,47)/t27?,28-,29+,33+,42-/m1/s1. The molecule has 7 N–H and O–H groups in total. The van der Waals surface area contributed by atoms with Crippen molar-refractivity contribution in [2.24, 2.45) is 67.5 Å². The molecule has 1 saturated heterocycles. The van der Waals surface area contributed by atoms with Gasteiger partial charge in [-0.15, -0.1) is 0 Å². The van der Waals surface area contributed by atoms with Gasteiger partial charge in [0.25, 0.3) is 5.91 Å². The molecule has 4 aliphatic carbocycles. The van der Waals surface area contributed by atoms with Crippen LogP contribution in [0.5, 0.6) is 0 Å². The highest BCUT2D eigenvalue weighted by Gasteiger charge is 2.85. The first kappa shape index (κ1) is 41.8. The Balaban J connectivity index is 1.42. The molecular weight excluding hydrogens is 684 g/mol. The van der Waals surface area contributed by atoms with E-state index in [2.05, 4.69) is 24.2 Å². The van der Waals surface area contributed by atoms with E-state index in [9.17, 15) is 24.0 Å². The number of Topliss-reactive ketones (excluding diaryl/α,β-unsaturated/α-hetero) is 3. The van der Waals surface area contributed by atoms with Crippen LogP contribution >= 0.6 is 0 Å². The van der Waals surface area contributed by atoms with Gasteiger partial charge in [-0.3, -0.25) is 28.8 Å². The van der Waals surface area contributed by atoms with Crippen molar-refractivity contribution in [1.82, 2.24) is 10.2 Å². The molecule has 5 aliphatic rings. The van der Waals surface area contributed by atoms with E-state index in [4.69, 9.17) is 17.2 Å². The van der Waals surface area contributed by atoms with Gasteiger partial charge in [-0.05, 0) is 80.5 Å². The molecule has 0 radical (unpaired) electrons. The first-order valence-corrected chi connectivity index (χ1v) is 20.7. The fraction of sp³-hybridized carbons (Fsp3) is 0.833. The number of carbonyl (C=O) groups excluding carboxylic acids is 6. The SMILES string of the molecule is CC(C)(CC(=O)N[C@H](C(=O)C[C@H](C(=O)N1C[C@]2(C[C@H]1C(=O)CC(CC1CCC1)C(=O)C(N)=O)C(C)(C)C21CCC1)C(C)(C)C)C1CCCCC1)N=C(N)N. The summed E-state index contributed by atoms with van der Waals surface area (Å²) < 4.78 is 0. The van der Waals surface area contributed by atoms with Crippen molar-refractivity contribution in [3.8, 4) is 0 Å². The van der Waals surface area contributed by atoms with Crippen molar-refractivity contribution < 1.29 is 28.8 Å². The van der Waals surface area contributed by atoms with Crippen molar-refractivity contribution in [3.63, 3.8) is 0 Å². The van der Waals surface area contributed by atoms with E-state index in [1.807, 2.05) is 20.8 Å². The van der Waals surface area contributed by atoms with Crippen LogP contribution in [0.2, 0.25) is 0 Å². The minimum absolute atomic E-state index is 0.0137. The minimum Gasteiger partial charge on any atom is -0.370 e. The lowest BCUT2D eigenvalue weighted by Gasteiger charge is -2.37. The Morgan fingerprint density at radius 3 is 1.94 bits per heavy atom. The maximum atomic E-state index is 15.1. The van der Waals surface area contributed by atoms with Gasteiger partial charge in [-0.1, -0.05) is 79.6 Å². The highest BCUT2D eigenvalue weighted by Crippen LogP contribution is 2.88. The number of nitrogens with two attached hydrogens (primary N) is 3. The molecule has 0 aromatic rings. The van der Waals surface area contributed by atoms with Crippen molar-refractivity contribution in [1.29, 1.82) is 0 Å². The molecule has 12 heteroatoms. The Bertz CT molecular complexity index is 1530. The number of likely N-dealkylation sites (tertiary alicyclic amines) is 1. The highest BCUT2D eigenvalue weighted by molar-refractivity contribution is 6.36. The summed E-state index contributed by atoms with van der Waals surface area (Å²) in [7, 11) is 0. The summed E-state index contributed by atoms with van der Waals surface area (Å²) in [4.78, 5) is 88.7. The summed E-state index contributed by atoms with van der Waals surface area (Å²) in [6, 6.07) is -1.52. The predicted molar refractivity (Wildman–Crippen MR) is 207 cm³/mol. The third-order valence-corrected chi connectivity index (χ3v) is 14.9. The Hall–Kier alpha value is -3.31. The van der Waals surface area contributed by atoms with E-state index >= 15 is 4.79 Å². The molecule has 12 nitrogen and oxygen atoms in total. The molecule has 54 heavy (non-hydrogen) atoms. The molecule has 1 aliphatic heterocycles. The Labute approximate surface area is 322 Å². The molecule has 4 saturated carbocycles. The second kappa shape index (κ2) is 15.3. The van der Waals surface area contributed by atoms with Crippen LogP contribution in [-0.4, -0.2) is 70.1 Å². The molecule has 0 bridgehead atoms. The van der Waals surface area contributed by atoms with E-state index in [1.54, 1.807) is 18.7 Å². The molecular formula is C42H68N6O6. The van der Waals surface area contributed by atoms with Crippen molar-refractivity contribution >= 4 is 41.0 Å². The molecule has 0 aromatic carbocycles. The quantitative estimate of drug-likeness (QED) is 0.0982. The molecule has 302 valence electrons. The van der Waals surface area contributed by atoms with Crippen LogP contribution < -0.4 is 22.5 Å². The second-order valence-corrected chi connectivity index (χ2v) is 20.0. The summed E-state index contributed by atoms with van der Waals surface area (Å²) in [5.74, 6) is -4.13. The van der Waals surface area contributed by atoms with Gasteiger partial charge in [0, 0.05) is 36.6 Å². The Morgan fingerprint density at radius 2 is 1.46 bits per heavy atom. The van der Waals surface area contributed by atoms with Gasteiger partial charge in [-0.25, -0.2) is 4.99 Å². The van der Waals surface area contributed by atoms with Gasteiger partial charge < -0.3 is 27.4 Å². The lowest BCUT2D eigenvalue weighted by Crippen LogP contribution is -2.51. The zero-order valence-corrected chi connectivity index (χ0v) is 34.1. The number of nitrogens with zero attached hydrogens (tertiary/aromatic N) is 2. The number of amides is 3.